The fourth-order valence-electron chi connectivity index (χ4n) is 3.02. The van der Waals surface area contributed by atoms with E-state index in [2.05, 4.69) is 15.6 Å². The Morgan fingerprint density at radius 2 is 1.75 bits per heavy atom. The van der Waals surface area contributed by atoms with Gasteiger partial charge in [-0.05, 0) is 43.5 Å². The van der Waals surface area contributed by atoms with Crippen LogP contribution in [0.1, 0.15) is 51.5 Å². The van der Waals surface area contributed by atoms with Gasteiger partial charge in [0.2, 0.25) is 5.91 Å². The van der Waals surface area contributed by atoms with E-state index in [0.29, 0.717) is 40.2 Å². The van der Waals surface area contributed by atoms with Crippen molar-refractivity contribution in [1.82, 2.24) is 10.3 Å². The molecule has 8 nitrogen and oxygen atoms in total. The third-order valence-corrected chi connectivity index (χ3v) is 4.24. The molecular formula is C20H23N3O5. The summed E-state index contributed by atoms with van der Waals surface area (Å²) in [5.41, 5.74) is 3.49. The molecule has 0 atom stereocenters. The van der Waals surface area contributed by atoms with Gasteiger partial charge in [0.05, 0.1) is 6.42 Å². The van der Waals surface area contributed by atoms with E-state index in [1.54, 1.807) is 31.2 Å². The monoisotopic (exact) mass is 385 g/mol. The fraction of sp³-hybridized carbons (Fsp3) is 0.300. The summed E-state index contributed by atoms with van der Waals surface area (Å²) in [5.74, 6) is -1.94. The number of aryl methyl sites for hydroxylation is 1. The summed E-state index contributed by atoms with van der Waals surface area (Å²) in [6.45, 7) is 4.69. The maximum Gasteiger partial charge on any atom is 0.322 e. The summed E-state index contributed by atoms with van der Waals surface area (Å²) >= 11 is 0. The largest absolute Gasteiger partial charge is 0.480 e. The van der Waals surface area contributed by atoms with E-state index in [4.69, 9.17) is 5.11 Å². The molecule has 2 rings (SSSR count). The Kier molecular flexibility index (Phi) is 6.70. The zero-order chi connectivity index (χ0) is 20.8. The maximum absolute atomic E-state index is 12.6. The quantitative estimate of drug-likeness (QED) is 0.517. The predicted octanol–water partition coefficient (Wildman–Crippen LogP) is 2.08. The van der Waals surface area contributed by atoms with Crippen molar-refractivity contribution in [3.63, 3.8) is 0 Å². The van der Waals surface area contributed by atoms with Gasteiger partial charge in [-0.1, -0.05) is 19.1 Å². The summed E-state index contributed by atoms with van der Waals surface area (Å²) in [4.78, 5) is 49.5. The number of hydrogen-bond acceptors (Lipinski definition) is 4. The normalized spacial score (nSPS) is 10.4. The number of carbonyl (C=O) groups excluding carboxylic acids is 3. The highest BCUT2D eigenvalue weighted by Crippen LogP contribution is 2.21. The second-order valence-electron chi connectivity index (χ2n) is 6.39. The standard InChI is InChI=1S/C20H23N3O5/c1-4-15-18(12(3)24)11(2)22-19(15)20(28)23-14-7-5-13(6-8-14)9-16(25)21-10-17(26)27/h5-8,22H,4,9-10H2,1-3H3,(H,21,25)(H,23,28)(H,26,27). The van der Waals surface area contributed by atoms with Crippen LogP contribution in [0.3, 0.4) is 0 Å². The molecule has 0 fully saturated rings. The minimum atomic E-state index is -1.11. The number of hydrogen-bond donors (Lipinski definition) is 4. The SMILES string of the molecule is CCc1c(C(=O)Nc2ccc(CC(=O)NCC(=O)O)cc2)[nH]c(C)c1C(C)=O. The van der Waals surface area contributed by atoms with Gasteiger partial charge >= 0.3 is 5.97 Å². The van der Waals surface area contributed by atoms with Crippen LogP contribution in [-0.2, 0) is 22.4 Å². The molecule has 0 saturated carbocycles. The Morgan fingerprint density at radius 1 is 1.11 bits per heavy atom. The van der Waals surface area contributed by atoms with Crippen molar-refractivity contribution < 1.29 is 24.3 Å². The van der Waals surface area contributed by atoms with Crippen LogP contribution in [0, 0.1) is 6.92 Å². The van der Waals surface area contributed by atoms with Crippen molar-refractivity contribution in [2.75, 3.05) is 11.9 Å². The van der Waals surface area contributed by atoms with E-state index in [0.717, 1.165) is 0 Å². The van der Waals surface area contributed by atoms with Crippen molar-refractivity contribution in [3.8, 4) is 0 Å². The molecule has 1 aromatic heterocycles. The fourth-order valence-corrected chi connectivity index (χ4v) is 3.02. The molecule has 4 N–H and O–H groups in total. The third-order valence-electron chi connectivity index (χ3n) is 4.24. The molecule has 8 heteroatoms. The van der Waals surface area contributed by atoms with Crippen molar-refractivity contribution in [2.24, 2.45) is 0 Å². The molecule has 0 bridgehead atoms. The van der Waals surface area contributed by atoms with Crippen LogP contribution >= 0.6 is 0 Å². The van der Waals surface area contributed by atoms with Crippen LogP contribution in [0.4, 0.5) is 5.69 Å². The number of carbonyl (C=O) groups is 4. The van der Waals surface area contributed by atoms with Crippen LogP contribution in [0.15, 0.2) is 24.3 Å². The second kappa shape index (κ2) is 8.98. The summed E-state index contributed by atoms with van der Waals surface area (Å²) in [7, 11) is 0. The first kappa shape index (κ1) is 20.9. The van der Waals surface area contributed by atoms with Crippen LogP contribution in [-0.4, -0.2) is 40.2 Å². The highest BCUT2D eigenvalue weighted by molar-refractivity contribution is 6.07. The zero-order valence-electron chi connectivity index (χ0n) is 16.0. The van der Waals surface area contributed by atoms with Crippen LogP contribution in [0.2, 0.25) is 0 Å². The lowest BCUT2D eigenvalue weighted by molar-refractivity contribution is -0.137. The molecule has 0 spiro atoms. The molecule has 0 aliphatic heterocycles. The molecule has 2 aromatic rings. The highest BCUT2D eigenvalue weighted by Gasteiger charge is 2.21. The number of carboxylic acid groups (broad SMARTS) is 1. The average molecular weight is 385 g/mol. The summed E-state index contributed by atoms with van der Waals surface area (Å²) in [6, 6.07) is 6.67. The minimum absolute atomic E-state index is 0.0410. The van der Waals surface area contributed by atoms with Gasteiger partial charge < -0.3 is 20.7 Å². The van der Waals surface area contributed by atoms with Gasteiger partial charge in [0.1, 0.15) is 12.2 Å². The topological polar surface area (TPSA) is 128 Å². The Morgan fingerprint density at radius 3 is 2.29 bits per heavy atom. The zero-order valence-corrected chi connectivity index (χ0v) is 16.0. The number of ketones is 1. The number of carboxylic acids is 1. The number of anilines is 1. The number of aliphatic carboxylic acids is 1. The molecule has 0 radical (unpaired) electrons. The molecule has 0 aliphatic rings. The van der Waals surface area contributed by atoms with Gasteiger partial charge in [0.25, 0.3) is 5.91 Å². The number of H-pyrrole nitrogens is 1. The van der Waals surface area contributed by atoms with E-state index in [-0.39, 0.29) is 18.1 Å². The highest BCUT2D eigenvalue weighted by atomic mass is 16.4. The Hall–Kier alpha value is -3.42. The number of benzene rings is 1. The lowest BCUT2D eigenvalue weighted by Gasteiger charge is -2.08. The first-order valence-electron chi connectivity index (χ1n) is 8.84. The number of nitrogens with one attached hydrogen (secondary N) is 3. The molecule has 0 unspecified atom stereocenters. The molecule has 1 aromatic carbocycles. The first-order valence-corrected chi connectivity index (χ1v) is 8.84. The molecule has 0 saturated heterocycles. The molecule has 1 heterocycles. The first-order chi connectivity index (χ1) is 13.2. The number of aromatic amines is 1. The van der Waals surface area contributed by atoms with Gasteiger partial charge in [-0.2, -0.15) is 0 Å². The van der Waals surface area contributed by atoms with E-state index in [9.17, 15) is 19.2 Å². The van der Waals surface area contributed by atoms with Gasteiger partial charge in [0.15, 0.2) is 5.78 Å². The lowest BCUT2D eigenvalue weighted by Crippen LogP contribution is -2.30. The summed E-state index contributed by atoms with van der Waals surface area (Å²) in [6.07, 6.45) is 0.589. The van der Waals surface area contributed by atoms with Gasteiger partial charge in [-0.3, -0.25) is 19.2 Å². The van der Waals surface area contributed by atoms with Gasteiger partial charge in [0, 0.05) is 16.9 Å². The molecule has 148 valence electrons. The third kappa shape index (κ3) is 5.06. The molecule has 28 heavy (non-hydrogen) atoms. The Labute approximate surface area is 162 Å². The van der Waals surface area contributed by atoms with Crippen molar-refractivity contribution in [2.45, 2.75) is 33.6 Å². The van der Waals surface area contributed by atoms with Crippen molar-refractivity contribution in [3.05, 3.63) is 52.3 Å². The lowest BCUT2D eigenvalue weighted by atomic mass is 10.0. The summed E-state index contributed by atoms with van der Waals surface area (Å²) < 4.78 is 0. The maximum atomic E-state index is 12.6. The second-order valence-corrected chi connectivity index (χ2v) is 6.39. The number of amides is 2. The van der Waals surface area contributed by atoms with Crippen LogP contribution in [0.5, 0.6) is 0 Å². The van der Waals surface area contributed by atoms with Gasteiger partial charge in [-0.25, -0.2) is 0 Å². The average Bonchev–Trinajstić information content (AvgIpc) is 2.98. The summed E-state index contributed by atoms with van der Waals surface area (Å²) in [5, 5.41) is 13.6. The van der Waals surface area contributed by atoms with Crippen molar-refractivity contribution >= 4 is 29.3 Å². The number of aromatic nitrogens is 1. The molecular weight excluding hydrogens is 362 g/mol. The predicted molar refractivity (Wildman–Crippen MR) is 104 cm³/mol. The Bertz CT molecular complexity index is 913. The van der Waals surface area contributed by atoms with E-state index >= 15 is 0 Å². The van der Waals surface area contributed by atoms with Crippen LogP contribution < -0.4 is 10.6 Å². The van der Waals surface area contributed by atoms with E-state index < -0.39 is 18.4 Å². The van der Waals surface area contributed by atoms with Crippen LogP contribution in [0.25, 0.3) is 0 Å². The van der Waals surface area contributed by atoms with E-state index in [1.807, 2.05) is 6.92 Å². The van der Waals surface area contributed by atoms with E-state index in [1.165, 1.54) is 6.92 Å². The Balaban J connectivity index is 2.07. The van der Waals surface area contributed by atoms with Gasteiger partial charge in [-0.15, -0.1) is 0 Å². The minimum Gasteiger partial charge on any atom is -0.480 e. The molecule has 0 aliphatic carbocycles. The smallest absolute Gasteiger partial charge is 0.322 e. The number of Topliss-reactive ketones (excluding diaryl/α,β-unsaturated/α-hetero) is 1. The molecule has 2 amide bonds. The number of rotatable bonds is 8. The van der Waals surface area contributed by atoms with Crippen molar-refractivity contribution in [1.29, 1.82) is 0 Å².